The predicted molar refractivity (Wildman–Crippen MR) is 67.8 cm³/mol. The Labute approximate surface area is 108 Å². The van der Waals surface area contributed by atoms with Crippen molar-refractivity contribution in [3.8, 4) is 0 Å². The molecule has 0 aromatic heterocycles. The maximum Gasteiger partial charge on any atom is 0.242 e. The number of amides is 2. The quantitative estimate of drug-likeness (QED) is 0.530. The molecule has 0 bridgehead atoms. The number of rotatable bonds is 7. The van der Waals surface area contributed by atoms with Gasteiger partial charge in [-0.2, -0.15) is 0 Å². The van der Waals surface area contributed by atoms with Crippen LogP contribution in [0.2, 0.25) is 0 Å². The normalized spacial score (nSPS) is 18.6. The highest BCUT2D eigenvalue weighted by Gasteiger charge is 2.43. The Morgan fingerprint density at radius 1 is 1.44 bits per heavy atom. The van der Waals surface area contributed by atoms with Crippen molar-refractivity contribution in [3.05, 3.63) is 0 Å². The summed E-state index contributed by atoms with van der Waals surface area (Å²) >= 11 is 0. The topological polar surface area (TPSA) is 93.5 Å². The molecular formula is C12H23N3O3. The monoisotopic (exact) mass is 257 g/mol. The molecule has 2 amide bonds. The number of nitrogens with two attached hydrogens (primary N) is 1. The summed E-state index contributed by atoms with van der Waals surface area (Å²) in [5.74, 6) is -0.308. The molecule has 0 radical (unpaired) electrons. The number of carbonyl (C=O) groups excluding carboxylic acids is 2. The number of methoxy groups -OCH3 is 1. The summed E-state index contributed by atoms with van der Waals surface area (Å²) in [7, 11) is 1.57. The smallest absolute Gasteiger partial charge is 0.242 e. The zero-order valence-electron chi connectivity index (χ0n) is 11.1. The van der Waals surface area contributed by atoms with Crippen molar-refractivity contribution in [3.63, 3.8) is 0 Å². The van der Waals surface area contributed by atoms with Gasteiger partial charge in [0, 0.05) is 20.2 Å². The van der Waals surface area contributed by atoms with E-state index in [1.54, 1.807) is 14.0 Å². The van der Waals surface area contributed by atoms with Gasteiger partial charge in [-0.25, -0.2) is 0 Å². The third kappa shape index (κ3) is 3.43. The molecule has 6 heteroatoms. The minimum absolute atomic E-state index is 0.106. The highest BCUT2D eigenvalue weighted by molar-refractivity contribution is 5.90. The third-order valence-electron chi connectivity index (χ3n) is 3.53. The van der Waals surface area contributed by atoms with E-state index in [4.69, 9.17) is 10.5 Å². The largest absolute Gasteiger partial charge is 0.383 e. The molecule has 1 aliphatic rings. The minimum atomic E-state index is -0.543. The predicted octanol–water partition coefficient (Wildman–Crippen LogP) is -0.617. The van der Waals surface area contributed by atoms with Crippen molar-refractivity contribution < 1.29 is 14.3 Å². The number of hydrogen-bond acceptors (Lipinski definition) is 4. The zero-order chi connectivity index (χ0) is 13.6. The van der Waals surface area contributed by atoms with Gasteiger partial charge >= 0.3 is 0 Å². The number of nitrogens with one attached hydrogen (secondary N) is 2. The van der Waals surface area contributed by atoms with Crippen LogP contribution < -0.4 is 16.4 Å². The van der Waals surface area contributed by atoms with Crippen molar-refractivity contribution in [2.75, 3.05) is 26.8 Å². The summed E-state index contributed by atoms with van der Waals surface area (Å²) in [5, 5.41) is 5.41. The van der Waals surface area contributed by atoms with Crippen LogP contribution in [0.4, 0.5) is 0 Å². The Bertz CT molecular complexity index is 297. The Morgan fingerprint density at radius 2 is 2.11 bits per heavy atom. The average molecular weight is 257 g/mol. The highest BCUT2D eigenvalue weighted by Crippen LogP contribution is 2.40. The van der Waals surface area contributed by atoms with E-state index < -0.39 is 11.5 Å². The molecule has 0 aromatic carbocycles. The van der Waals surface area contributed by atoms with Gasteiger partial charge in [-0.05, 0) is 19.8 Å². The van der Waals surface area contributed by atoms with E-state index in [0.717, 1.165) is 19.3 Å². The van der Waals surface area contributed by atoms with Gasteiger partial charge in [0.25, 0.3) is 0 Å². The fraction of sp³-hybridized carbons (Fsp3) is 0.833. The van der Waals surface area contributed by atoms with Crippen LogP contribution in [0.5, 0.6) is 0 Å². The molecule has 1 rings (SSSR count). The van der Waals surface area contributed by atoms with Gasteiger partial charge in [-0.15, -0.1) is 0 Å². The van der Waals surface area contributed by atoms with Crippen LogP contribution in [-0.4, -0.2) is 44.7 Å². The van der Waals surface area contributed by atoms with Crippen molar-refractivity contribution in [2.45, 2.75) is 32.2 Å². The van der Waals surface area contributed by atoms with E-state index in [1.807, 2.05) is 0 Å². The third-order valence-corrected chi connectivity index (χ3v) is 3.53. The van der Waals surface area contributed by atoms with E-state index in [2.05, 4.69) is 10.6 Å². The lowest BCUT2D eigenvalue weighted by Gasteiger charge is -2.39. The summed E-state index contributed by atoms with van der Waals surface area (Å²) in [4.78, 5) is 23.7. The molecule has 0 aromatic rings. The molecule has 1 saturated carbocycles. The maximum atomic E-state index is 12.0. The average Bonchev–Trinajstić information content (AvgIpc) is 2.28. The van der Waals surface area contributed by atoms with Gasteiger partial charge in [0.2, 0.25) is 11.8 Å². The molecule has 6 nitrogen and oxygen atoms in total. The van der Waals surface area contributed by atoms with Gasteiger partial charge in [0.05, 0.1) is 12.0 Å². The van der Waals surface area contributed by atoms with Gasteiger partial charge in [-0.1, -0.05) is 6.42 Å². The summed E-state index contributed by atoms with van der Waals surface area (Å²) in [6.45, 7) is 2.91. The van der Waals surface area contributed by atoms with Crippen LogP contribution >= 0.6 is 0 Å². The first-order valence-corrected chi connectivity index (χ1v) is 6.33. The van der Waals surface area contributed by atoms with Gasteiger partial charge in [-0.3, -0.25) is 9.59 Å². The first-order valence-electron chi connectivity index (χ1n) is 6.33. The molecular weight excluding hydrogens is 234 g/mol. The molecule has 1 fully saturated rings. The number of carbonyl (C=O) groups is 2. The van der Waals surface area contributed by atoms with E-state index >= 15 is 0 Å². The summed E-state index contributed by atoms with van der Waals surface area (Å²) in [6, 6.07) is -0.543. The van der Waals surface area contributed by atoms with Crippen LogP contribution in [0.1, 0.15) is 26.2 Å². The molecule has 104 valence electrons. The van der Waals surface area contributed by atoms with E-state index in [0.29, 0.717) is 19.7 Å². The molecule has 1 unspecified atom stereocenters. The van der Waals surface area contributed by atoms with Gasteiger partial charge in [0.1, 0.15) is 6.04 Å². The second-order valence-corrected chi connectivity index (χ2v) is 4.82. The molecule has 0 aliphatic heterocycles. The summed E-state index contributed by atoms with van der Waals surface area (Å²) in [5.41, 5.74) is 5.20. The lowest BCUT2D eigenvalue weighted by molar-refractivity contribution is -0.138. The van der Waals surface area contributed by atoms with Crippen LogP contribution in [0, 0.1) is 5.41 Å². The molecule has 0 heterocycles. The van der Waals surface area contributed by atoms with E-state index in [1.165, 1.54) is 0 Å². The Morgan fingerprint density at radius 3 is 2.56 bits per heavy atom. The molecule has 1 aliphatic carbocycles. The van der Waals surface area contributed by atoms with E-state index in [9.17, 15) is 9.59 Å². The molecule has 18 heavy (non-hydrogen) atoms. The van der Waals surface area contributed by atoms with Gasteiger partial charge < -0.3 is 21.1 Å². The number of ether oxygens (including phenoxy) is 1. The van der Waals surface area contributed by atoms with Crippen molar-refractivity contribution in [1.82, 2.24) is 10.6 Å². The number of hydrogen-bond donors (Lipinski definition) is 3. The summed E-state index contributed by atoms with van der Waals surface area (Å²) < 4.78 is 4.83. The Kier molecular flexibility index (Phi) is 5.55. The molecule has 4 N–H and O–H groups in total. The molecule has 1 atom stereocenters. The Hall–Kier alpha value is -1.14. The minimum Gasteiger partial charge on any atom is -0.383 e. The fourth-order valence-corrected chi connectivity index (χ4v) is 1.97. The van der Waals surface area contributed by atoms with Crippen LogP contribution in [0.15, 0.2) is 0 Å². The standard InChI is InChI=1S/C12H23N3O3/c1-9(10(16)14-6-7-18-2)15-11(17)12(8-13)4-3-5-12/h9H,3-8,13H2,1-2H3,(H,14,16)(H,15,17). The SMILES string of the molecule is COCCNC(=O)C(C)NC(=O)C1(CN)CCC1. The lowest BCUT2D eigenvalue weighted by atomic mass is 9.68. The Balaban J connectivity index is 2.36. The first-order chi connectivity index (χ1) is 8.55. The van der Waals surface area contributed by atoms with E-state index in [-0.39, 0.29) is 11.8 Å². The second kappa shape index (κ2) is 6.70. The molecule has 0 saturated heterocycles. The second-order valence-electron chi connectivity index (χ2n) is 4.82. The van der Waals surface area contributed by atoms with Crippen molar-refractivity contribution >= 4 is 11.8 Å². The van der Waals surface area contributed by atoms with Crippen LogP contribution in [-0.2, 0) is 14.3 Å². The zero-order valence-corrected chi connectivity index (χ0v) is 11.1. The van der Waals surface area contributed by atoms with Crippen molar-refractivity contribution in [1.29, 1.82) is 0 Å². The fourth-order valence-electron chi connectivity index (χ4n) is 1.97. The van der Waals surface area contributed by atoms with Crippen LogP contribution in [0.25, 0.3) is 0 Å². The van der Waals surface area contributed by atoms with Gasteiger partial charge in [0.15, 0.2) is 0 Å². The lowest BCUT2D eigenvalue weighted by Crippen LogP contribution is -2.55. The van der Waals surface area contributed by atoms with Crippen LogP contribution in [0.3, 0.4) is 0 Å². The summed E-state index contributed by atoms with van der Waals surface area (Å²) in [6.07, 6.45) is 2.65. The van der Waals surface area contributed by atoms with Crippen molar-refractivity contribution in [2.24, 2.45) is 11.1 Å². The maximum absolute atomic E-state index is 12.0. The highest BCUT2D eigenvalue weighted by atomic mass is 16.5. The molecule has 0 spiro atoms. The first kappa shape index (κ1) is 14.9.